The van der Waals surface area contributed by atoms with E-state index in [1.54, 1.807) is 0 Å². The van der Waals surface area contributed by atoms with Gasteiger partial charge in [0, 0.05) is 12.5 Å². The van der Waals surface area contributed by atoms with Gasteiger partial charge < -0.3 is 4.74 Å². The highest BCUT2D eigenvalue weighted by atomic mass is 28.3. The van der Waals surface area contributed by atoms with Gasteiger partial charge in [0.25, 0.3) is 0 Å². The number of carbonyl (C=O) groups excluding carboxylic acids is 1. The molecule has 0 bridgehead atoms. The van der Waals surface area contributed by atoms with Gasteiger partial charge in [-0.15, -0.1) is 5.54 Å². The van der Waals surface area contributed by atoms with Crippen molar-refractivity contribution >= 4 is 19.6 Å². The lowest BCUT2D eigenvalue weighted by atomic mass is 9.97. The van der Waals surface area contributed by atoms with Crippen LogP contribution in [-0.4, -0.2) is 14.0 Å². The average Bonchev–Trinajstić information content (AvgIpc) is 2.71. The molecular formula is C24H28O2Si. The Morgan fingerprint density at radius 1 is 0.852 bits per heavy atom. The maximum Gasteiger partial charge on any atom is 0.308 e. The van der Waals surface area contributed by atoms with Crippen molar-refractivity contribution in [3.63, 3.8) is 0 Å². The van der Waals surface area contributed by atoms with E-state index in [0.717, 1.165) is 34.8 Å². The molecule has 2 aromatic rings. The Balaban J connectivity index is 2.73. The largest absolute Gasteiger partial charge is 0.417 e. The monoisotopic (exact) mass is 376 g/mol. The van der Waals surface area contributed by atoms with Crippen LogP contribution in [0.1, 0.15) is 38.8 Å². The number of hydrogen-bond acceptors (Lipinski definition) is 2. The summed E-state index contributed by atoms with van der Waals surface area (Å²) in [5.41, 5.74) is 6.41. The van der Waals surface area contributed by atoms with Gasteiger partial charge in [-0.3, -0.25) is 4.79 Å². The van der Waals surface area contributed by atoms with Crippen molar-refractivity contribution in [2.75, 3.05) is 0 Å². The van der Waals surface area contributed by atoms with Gasteiger partial charge >= 0.3 is 5.97 Å². The Labute approximate surface area is 164 Å². The molecule has 0 saturated heterocycles. The van der Waals surface area contributed by atoms with Gasteiger partial charge in [-0.1, -0.05) is 81.4 Å². The van der Waals surface area contributed by atoms with Crippen LogP contribution < -0.4 is 0 Å². The van der Waals surface area contributed by atoms with Crippen molar-refractivity contribution in [1.82, 2.24) is 0 Å². The van der Waals surface area contributed by atoms with Crippen molar-refractivity contribution < 1.29 is 9.53 Å². The lowest BCUT2D eigenvalue weighted by molar-refractivity contribution is -0.136. The summed E-state index contributed by atoms with van der Waals surface area (Å²) in [5, 5.41) is 0. The van der Waals surface area contributed by atoms with Crippen molar-refractivity contribution in [3.8, 4) is 11.5 Å². The maximum absolute atomic E-state index is 11.8. The van der Waals surface area contributed by atoms with Gasteiger partial charge in [-0.05, 0) is 35.2 Å². The predicted octanol–water partition coefficient (Wildman–Crippen LogP) is 6.06. The Morgan fingerprint density at radius 2 is 1.30 bits per heavy atom. The van der Waals surface area contributed by atoms with Crippen molar-refractivity contribution in [2.24, 2.45) is 0 Å². The van der Waals surface area contributed by atoms with E-state index in [1.165, 1.54) is 6.92 Å². The number of rotatable bonds is 6. The minimum absolute atomic E-state index is 0.347. The molecule has 0 amide bonds. The van der Waals surface area contributed by atoms with Crippen LogP contribution in [0.25, 0.3) is 5.57 Å². The molecule has 0 aliphatic carbocycles. The third-order valence-electron chi connectivity index (χ3n) is 5.07. The third kappa shape index (κ3) is 5.45. The fraction of sp³-hybridized carbons (Fsp3) is 0.292. The highest BCUT2D eigenvalue weighted by Gasteiger charge is 2.25. The number of benzene rings is 2. The second-order valence-corrected chi connectivity index (χ2v) is 11.6. The molecule has 0 aliphatic heterocycles. The predicted molar refractivity (Wildman–Crippen MR) is 116 cm³/mol. The molecular weight excluding hydrogens is 348 g/mol. The smallest absolute Gasteiger partial charge is 0.308 e. The number of allylic oxidation sites excluding steroid dienone is 1. The molecule has 0 N–H and O–H groups in total. The normalized spacial score (nSPS) is 10.5. The van der Waals surface area contributed by atoms with Crippen LogP contribution in [0.3, 0.4) is 0 Å². The Hall–Kier alpha value is -2.57. The van der Waals surface area contributed by atoms with Crippen molar-refractivity contribution in [2.45, 2.75) is 45.8 Å². The summed E-state index contributed by atoms with van der Waals surface area (Å²) in [6, 6.07) is 23.3. The summed E-state index contributed by atoms with van der Waals surface area (Å²) in [7, 11) is -1.67. The quantitative estimate of drug-likeness (QED) is 0.265. The Kier molecular flexibility index (Phi) is 7.63. The summed E-state index contributed by atoms with van der Waals surface area (Å²) in [6.07, 6.45) is 0. The van der Waals surface area contributed by atoms with E-state index in [-0.39, 0.29) is 5.97 Å². The summed E-state index contributed by atoms with van der Waals surface area (Å²) in [5.74, 6) is 3.39. The van der Waals surface area contributed by atoms with Gasteiger partial charge in [-0.25, -0.2) is 0 Å². The van der Waals surface area contributed by atoms with Gasteiger partial charge in [0.2, 0.25) is 0 Å². The molecule has 2 aromatic carbocycles. The number of carbonyl (C=O) groups is 1. The molecule has 0 unspecified atom stereocenters. The van der Waals surface area contributed by atoms with Crippen molar-refractivity contribution in [3.05, 3.63) is 77.5 Å². The van der Waals surface area contributed by atoms with E-state index in [4.69, 9.17) is 4.74 Å². The molecule has 0 radical (unpaired) electrons. The van der Waals surface area contributed by atoms with Crippen LogP contribution in [0.15, 0.2) is 66.4 Å². The van der Waals surface area contributed by atoms with E-state index in [9.17, 15) is 4.79 Å². The first-order valence-electron chi connectivity index (χ1n) is 9.62. The molecule has 0 atom stereocenters. The minimum atomic E-state index is -1.67. The maximum atomic E-state index is 11.8. The standard InChI is InChI=1S/C24H28O2Si/c1-5-27(6-2,7-3)19-18-23(26-20(4)25)24(21-14-10-8-11-15-21)22-16-12-9-13-17-22/h8-17H,5-7H2,1-4H3. The van der Waals surface area contributed by atoms with Gasteiger partial charge in [0.1, 0.15) is 8.07 Å². The molecule has 27 heavy (non-hydrogen) atoms. The van der Waals surface area contributed by atoms with Gasteiger partial charge in [0.05, 0.1) is 0 Å². The zero-order valence-electron chi connectivity index (χ0n) is 16.7. The van der Waals surface area contributed by atoms with Crippen LogP contribution >= 0.6 is 0 Å². The molecule has 3 heteroatoms. The molecule has 2 rings (SSSR count). The molecule has 0 aromatic heterocycles. The first kappa shape index (κ1) is 20.7. The molecule has 140 valence electrons. The van der Waals surface area contributed by atoms with E-state index in [1.807, 2.05) is 60.7 Å². The Bertz CT molecular complexity index is 788. The molecule has 0 fully saturated rings. The number of esters is 1. The second kappa shape index (κ2) is 9.94. The lowest BCUT2D eigenvalue weighted by Gasteiger charge is -2.20. The average molecular weight is 377 g/mol. The van der Waals surface area contributed by atoms with Crippen LogP contribution in [-0.2, 0) is 9.53 Å². The van der Waals surface area contributed by atoms with E-state index in [2.05, 4.69) is 32.2 Å². The second-order valence-electron chi connectivity index (χ2n) is 6.62. The SMILES string of the molecule is CC[Si](C#CC(OC(C)=O)=C(c1ccccc1)c1ccccc1)(CC)CC. The molecule has 2 nitrogen and oxygen atoms in total. The zero-order chi connectivity index (χ0) is 19.7. The molecule has 0 aliphatic rings. The van der Waals surface area contributed by atoms with Gasteiger partial charge in [0.15, 0.2) is 5.76 Å². The number of ether oxygens (including phenoxy) is 1. The fourth-order valence-corrected chi connectivity index (χ4v) is 5.53. The highest BCUT2D eigenvalue weighted by molar-refractivity contribution is 6.87. The lowest BCUT2D eigenvalue weighted by Crippen LogP contribution is -2.29. The Morgan fingerprint density at radius 3 is 1.67 bits per heavy atom. The zero-order valence-corrected chi connectivity index (χ0v) is 17.7. The number of hydrogen-bond donors (Lipinski definition) is 0. The summed E-state index contributed by atoms with van der Waals surface area (Å²) >= 11 is 0. The van der Waals surface area contributed by atoms with E-state index in [0.29, 0.717) is 5.76 Å². The minimum Gasteiger partial charge on any atom is -0.417 e. The highest BCUT2D eigenvalue weighted by Crippen LogP contribution is 2.28. The summed E-state index contributed by atoms with van der Waals surface area (Å²) < 4.78 is 5.64. The summed E-state index contributed by atoms with van der Waals surface area (Å²) in [6.45, 7) is 8.09. The van der Waals surface area contributed by atoms with Crippen LogP contribution in [0, 0.1) is 11.5 Å². The van der Waals surface area contributed by atoms with Crippen LogP contribution in [0.4, 0.5) is 0 Å². The molecule has 0 saturated carbocycles. The van der Waals surface area contributed by atoms with E-state index >= 15 is 0 Å². The topological polar surface area (TPSA) is 26.3 Å². The van der Waals surface area contributed by atoms with Crippen LogP contribution in [0.5, 0.6) is 0 Å². The molecule has 0 spiro atoms. The first-order valence-corrected chi connectivity index (χ1v) is 12.2. The molecule has 0 heterocycles. The summed E-state index contributed by atoms with van der Waals surface area (Å²) in [4.78, 5) is 11.8. The van der Waals surface area contributed by atoms with Crippen LogP contribution in [0.2, 0.25) is 18.1 Å². The fourth-order valence-electron chi connectivity index (χ4n) is 3.13. The van der Waals surface area contributed by atoms with E-state index < -0.39 is 8.07 Å². The van der Waals surface area contributed by atoms with Gasteiger partial charge in [-0.2, -0.15) is 0 Å². The third-order valence-corrected chi connectivity index (χ3v) is 9.79. The first-order chi connectivity index (χ1) is 13.0. The van der Waals surface area contributed by atoms with Crippen molar-refractivity contribution in [1.29, 1.82) is 0 Å².